The van der Waals surface area contributed by atoms with Crippen LogP contribution in [0.15, 0.2) is 21.9 Å². The van der Waals surface area contributed by atoms with Crippen LogP contribution in [0.2, 0.25) is 5.15 Å². The molecule has 4 rings (SSSR count). The highest BCUT2D eigenvalue weighted by atomic mass is 35.5. The summed E-state index contributed by atoms with van der Waals surface area (Å²) in [7, 11) is 0. The average Bonchev–Trinajstić information content (AvgIpc) is 3.11. The van der Waals surface area contributed by atoms with E-state index in [1.807, 2.05) is 6.07 Å². The number of halogens is 1. The maximum atomic E-state index is 11.9. The minimum atomic E-state index is -0.538. The molecule has 2 N–H and O–H groups in total. The zero-order valence-corrected chi connectivity index (χ0v) is 12.6. The molecule has 2 bridgehead atoms. The first kappa shape index (κ1) is 13.7. The van der Waals surface area contributed by atoms with E-state index in [9.17, 15) is 9.59 Å². The predicted octanol–water partition coefficient (Wildman–Crippen LogP) is 2.08. The molecule has 0 saturated heterocycles. The molecule has 22 heavy (non-hydrogen) atoms. The van der Waals surface area contributed by atoms with Gasteiger partial charge in [-0.3, -0.25) is 9.78 Å². The topological polar surface area (TPSA) is 91.5 Å². The van der Waals surface area contributed by atoms with Crippen LogP contribution in [-0.2, 0) is 0 Å². The van der Waals surface area contributed by atoms with Crippen LogP contribution >= 0.6 is 11.6 Å². The summed E-state index contributed by atoms with van der Waals surface area (Å²) >= 11 is 6.25. The summed E-state index contributed by atoms with van der Waals surface area (Å²) in [5, 5.41) is 8.45. The van der Waals surface area contributed by atoms with Gasteiger partial charge >= 0.3 is 5.69 Å². The van der Waals surface area contributed by atoms with Crippen LogP contribution in [0.25, 0.3) is 11.3 Å². The van der Waals surface area contributed by atoms with Crippen molar-refractivity contribution in [2.24, 2.45) is 11.8 Å². The summed E-state index contributed by atoms with van der Waals surface area (Å²) in [5.41, 5.74) is 0.709. The minimum absolute atomic E-state index is 0.299. The quantitative estimate of drug-likeness (QED) is 0.886. The monoisotopic (exact) mass is 318 g/mol. The van der Waals surface area contributed by atoms with Gasteiger partial charge < -0.3 is 4.98 Å². The Labute approximate surface area is 131 Å². The fourth-order valence-corrected chi connectivity index (χ4v) is 4.24. The van der Waals surface area contributed by atoms with Gasteiger partial charge in [-0.15, -0.1) is 10.2 Å². The van der Waals surface area contributed by atoms with Crippen molar-refractivity contribution >= 4 is 11.6 Å². The van der Waals surface area contributed by atoms with Crippen molar-refractivity contribution in [1.82, 2.24) is 20.2 Å². The standard InChI is InChI=1S/C15H15ClN4O2/c16-13-10(9-4-7-1-2-8(9)3-7)5-12(19-20-13)11-6-17-15(22)18-14(11)21/h5-9H,1-4H2,(H2,17,18,21,22)/t7-,8+,9-/m1/s1. The largest absolute Gasteiger partial charge is 0.325 e. The molecule has 2 aliphatic rings. The number of nitrogens with one attached hydrogen (secondary N) is 2. The zero-order valence-electron chi connectivity index (χ0n) is 11.8. The van der Waals surface area contributed by atoms with E-state index in [4.69, 9.17) is 11.6 Å². The predicted molar refractivity (Wildman–Crippen MR) is 81.9 cm³/mol. The smallest absolute Gasteiger partial charge is 0.313 e. The van der Waals surface area contributed by atoms with Gasteiger partial charge in [0.2, 0.25) is 0 Å². The van der Waals surface area contributed by atoms with Crippen molar-refractivity contribution in [3.05, 3.63) is 43.8 Å². The van der Waals surface area contributed by atoms with E-state index in [1.165, 1.54) is 25.5 Å². The number of hydrogen-bond acceptors (Lipinski definition) is 4. The van der Waals surface area contributed by atoms with Crippen molar-refractivity contribution in [2.45, 2.75) is 31.6 Å². The van der Waals surface area contributed by atoms with Gasteiger partial charge in [0.15, 0.2) is 5.15 Å². The second-order valence-electron chi connectivity index (χ2n) is 6.24. The number of nitrogens with zero attached hydrogens (tertiary/aromatic N) is 2. The summed E-state index contributed by atoms with van der Waals surface area (Å²) in [6.07, 6.45) is 6.31. The van der Waals surface area contributed by atoms with Gasteiger partial charge in [-0.2, -0.15) is 0 Å². The average molecular weight is 319 g/mol. The van der Waals surface area contributed by atoms with E-state index < -0.39 is 11.2 Å². The molecule has 2 aliphatic carbocycles. The molecule has 2 fully saturated rings. The zero-order chi connectivity index (χ0) is 15.3. The van der Waals surface area contributed by atoms with Gasteiger partial charge in [0, 0.05) is 6.20 Å². The molecule has 0 radical (unpaired) electrons. The molecule has 0 aliphatic heterocycles. The molecular weight excluding hydrogens is 304 g/mol. The molecule has 2 aromatic rings. The molecule has 7 heteroatoms. The summed E-state index contributed by atoms with van der Waals surface area (Å²) in [4.78, 5) is 27.7. The van der Waals surface area contributed by atoms with E-state index in [-0.39, 0.29) is 0 Å². The number of H-pyrrole nitrogens is 2. The highest BCUT2D eigenvalue weighted by molar-refractivity contribution is 6.30. The van der Waals surface area contributed by atoms with E-state index in [0.29, 0.717) is 28.2 Å². The highest BCUT2D eigenvalue weighted by Crippen LogP contribution is 2.53. The van der Waals surface area contributed by atoms with Gasteiger partial charge in [0.05, 0.1) is 5.56 Å². The third-order valence-corrected chi connectivity index (χ3v) is 5.30. The van der Waals surface area contributed by atoms with Gasteiger partial charge in [-0.05, 0) is 48.6 Å². The third-order valence-electron chi connectivity index (χ3n) is 5.01. The molecule has 3 atom stereocenters. The van der Waals surface area contributed by atoms with Crippen LogP contribution in [0.3, 0.4) is 0 Å². The van der Waals surface area contributed by atoms with Crippen molar-refractivity contribution in [1.29, 1.82) is 0 Å². The van der Waals surface area contributed by atoms with Gasteiger partial charge in [-0.25, -0.2) is 4.79 Å². The SMILES string of the molecule is O=c1[nH]cc(-c2cc([C@@H]3C[C@@H]4CC[C@H]3C4)c(Cl)nn2)c(=O)[nH]1. The lowest BCUT2D eigenvalue weighted by Crippen LogP contribution is -2.23. The Balaban J connectivity index is 1.78. The summed E-state index contributed by atoms with van der Waals surface area (Å²) < 4.78 is 0. The van der Waals surface area contributed by atoms with Crippen LogP contribution in [0.4, 0.5) is 0 Å². The fraction of sp³-hybridized carbons (Fsp3) is 0.467. The molecule has 0 unspecified atom stereocenters. The molecule has 2 aromatic heterocycles. The number of fused-ring (bicyclic) bond motifs is 2. The molecule has 0 aromatic carbocycles. The van der Waals surface area contributed by atoms with Crippen LogP contribution < -0.4 is 11.2 Å². The molecule has 114 valence electrons. The van der Waals surface area contributed by atoms with E-state index >= 15 is 0 Å². The minimum Gasteiger partial charge on any atom is -0.313 e. The first-order valence-corrected chi connectivity index (χ1v) is 7.85. The van der Waals surface area contributed by atoms with Crippen LogP contribution in [0.1, 0.15) is 37.2 Å². The second-order valence-corrected chi connectivity index (χ2v) is 6.60. The normalized spacial score (nSPS) is 26.5. The van der Waals surface area contributed by atoms with E-state index in [1.54, 1.807) is 0 Å². The first-order chi connectivity index (χ1) is 10.6. The van der Waals surface area contributed by atoms with Gasteiger partial charge in [0.25, 0.3) is 5.56 Å². The third kappa shape index (κ3) is 2.18. The van der Waals surface area contributed by atoms with Crippen LogP contribution in [0.5, 0.6) is 0 Å². The Kier molecular flexibility index (Phi) is 3.14. The fourth-order valence-electron chi connectivity index (χ4n) is 4.01. The number of aromatic amines is 2. The van der Waals surface area contributed by atoms with Crippen LogP contribution in [0, 0.1) is 11.8 Å². The molecule has 2 saturated carbocycles. The number of aromatic nitrogens is 4. The lowest BCUT2D eigenvalue weighted by molar-refractivity contribution is 0.419. The maximum Gasteiger partial charge on any atom is 0.325 e. The highest BCUT2D eigenvalue weighted by Gasteiger charge is 2.41. The Morgan fingerprint density at radius 1 is 1.18 bits per heavy atom. The second kappa shape index (κ2) is 5.05. The van der Waals surface area contributed by atoms with Crippen molar-refractivity contribution in [3.8, 4) is 11.3 Å². The van der Waals surface area contributed by atoms with Crippen molar-refractivity contribution in [3.63, 3.8) is 0 Å². The van der Waals surface area contributed by atoms with Gasteiger partial charge in [-0.1, -0.05) is 18.0 Å². The maximum absolute atomic E-state index is 11.9. The number of rotatable bonds is 2. The van der Waals surface area contributed by atoms with Crippen molar-refractivity contribution < 1.29 is 0 Å². The molecule has 6 nitrogen and oxygen atoms in total. The lowest BCUT2D eigenvalue weighted by Gasteiger charge is -2.22. The Morgan fingerprint density at radius 3 is 2.73 bits per heavy atom. The Morgan fingerprint density at radius 2 is 2.05 bits per heavy atom. The summed E-state index contributed by atoms with van der Waals surface area (Å²) in [5.74, 6) is 1.86. The van der Waals surface area contributed by atoms with Crippen LogP contribution in [-0.4, -0.2) is 20.2 Å². The van der Waals surface area contributed by atoms with E-state index in [2.05, 4.69) is 20.2 Å². The molecule has 0 spiro atoms. The lowest BCUT2D eigenvalue weighted by atomic mass is 9.84. The Bertz CT molecular complexity index is 844. The molecular formula is C15H15ClN4O2. The van der Waals surface area contributed by atoms with E-state index in [0.717, 1.165) is 17.9 Å². The Hall–Kier alpha value is -1.95. The first-order valence-electron chi connectivity index (χ1n) is 7.47. The molecule has 0 amide bonds. The summed E-state index contributed by atoms with van der Waals surface area (Å²) in [6, 6.07) is 1.85. The molecule has 2 heterocycles. The number of hydrogen-bond donors (Lipinski definition) is 2. The van der Waals surface area contributed by atoms with Gasteiger partial charge in [0.1, 0.15) is 5.69 Å². The summed E-state index contributed by atoms with van der Waals surface area (Å²) in [6.45, 7) is 0. The van der Waals surface area contributed by atoms with Crippen molar-refractivity contribution in [2.75, 3.05) is 0 Å².